The molecule has 0 spiro atoms. The number of rotatable bonds is 5. The molecule has 100 valence electrons. The molecule has 1 aromatic rings. The van der Waals surface area contributed by atoms with Gasteiger partial charge in [-0.05, 0) is 36.7 Å². The van der Waals surface area contributed by atoms with Crippen LogP contribution in [0.5, 0.6) is 0 Å². The van der Waals surface area contributed by atoms with Gasteiger partial charge in [-0.3, -0.25) is 0 Å². The van der Waals surface area contributed by atoms with Crippen LogP contribution in [0, 0.1) is 0 Å². The number of anilines is 1. The molecular weight excluding hydrogens is 264 g/mol. The van der Waals surface area contributed by atoms with Gasteiger partial charge in [0.25, 0.3) is 0 Å². The fourth-order valence-electron chi connectivity index (χ4n) is 2.21. The summed E-state index contributed by atoms with van der Waals surface area (Å²) in [6.07, 6.45) is 1.16. The first-order valence-electron chi connectivity index (χ1n) is 6.63. The van der Waals surface area contributed by atoms with Crippen LogP contribution in [0.2, 0.25) is 5.02 Å². The molecule has 1 saturated heterocycles. The number of halogens is 1. The Kier molecular flexibility index (Phi) is 5.67. The van der Waals surface area contributed by atoms with E-state index < -0.39 is 0 Å². The quantitative estimate of drug-likeness (QED) is 0.835. The van der Waals surface area contributed by atoms with Crippen LogP contribution in [0.3, 0.4) is 0 Å². The highest BCUT2D eigenvalue weighted by Gasteiger charge is 2.14. The summed E-state index contributed by atoms with van der Waals surface area (Å²) in [6, 6.07) is 6.27. The maximum Gasteiger partial charge on any atom is 0.0413 e. The summed E-state index contributed by atoms with van der Waals surface area (Å²) >= 11 is 8.16. The first kappa shape index (κ1) is 14.0. The van der Waals surface area contributed by atoms with Gasteiger partial charge in [-0.15, -0.1) is 0 Å². The molecule has 4 heteroatoms. The van der Waals surface area contributed by atoms with Gasteiger partial charge in [-0.2, -0.15) is 11.8 Å². The maximum absolute atomic E-state index is 6.12. The molecule has 0 saturated carbocycles. The van der Waals surface area contributed by atoms with Crippen LogP contribution in [0.25, 0.3) is 0 Å². The molecule has 1 aromatic carbocycles. The third-order valence-corrected chi connectivity index (χ3v) is 4.31. The molecule has 1 aliphatic rings. The van der Waals surface area contributed by atoms with Gasteiger partial charge < -0.3 is 10.2 Å². The summed E-state index contributed by atoms with van der Waals surface area (Å²) in [5.74, 6) is 2.45. The maximum atomic E-state index is 6.12. The minimum atomic E-state index is 0.832. The lowest BCUT2D eigenvalue weighted by molar-refractivity contribution is 0.673. The van der Waals surface area contributed by atoms with Crippen LogP contribution in [0.4, 0.5) is 5.69 Å². The molecule has 2 rings (SSSR count). The highest BCUT2D eigenvalue weighted by atomic mass is 35.5. The molecule has 0 aliphatic carbocycles. The van der Waals surface area contributed by atoms with E-state index in [1.54, 1.807) is 0 Å². The van der Waals surface area contributed by atoms with Crippen LogP contribution in [-0.4, -0.2) is 31.1 Å². The van der Waals surface area contributed by atoms with Gasteiger partial charge in [0.2, 0.25) is 0 Å². The van der Waals surface area contributed by atoms with Crippen LogP contribution in [0.15, 0.2) is 18.2 Å². The van der Waals surface area contributed by atoms with E-state index in [4.69, 9.17) is 11.6 Å². The van der Waals surface area contributed by atoms with Crippen molar-refractivity contribution in [2.75, 3.05) is 36.0 Å². The summed E-state index contributed by atoms with van der Waals surface area (Å²) in [7, 11) is 0. The Morgan fingerprint density at radius 3 is 2.83 bits per heavy atom. The lowest BCUT2D eigenvalue weighted by atomic mass is 10.1. The van der Waals surface area contributed by atoms with E-state index in [1.807, 2.05) is 17.8 Å². The van der Waals surface area contributed by atoms with Crippen molar-refractivity contribution in [3.8, 4) is 0 Å². The van der Waals surface area contributed by atoms with Crippen molar-refractivity contribution in [3.63, 3.8) is 0 Å². The number of hydrogen-bond donors (Lipinski definition) is 1. The fourth-order valence-corrected chi connectivity index (χ4v) is 3.31. The minimum absolute atomic E-state index is 0.832. The smallest absolute Gasteiger partial charge is 0.0413 e. The lowest BCUT2D eigenvalue weighted by Gasteiger charge is -2.30. The number of nitrogens with one attached hydrogen (secondary N) is 1. The Morgan fingerprint density at radius 1 is 1.33 bits per heavy atom. The Bertz CT molecular complexity index is 378. The van der Waals surface area contributed by atoms with Crippen LogP contribution in [0.1, 0.15) is 18.9 Å². The van der Waals surface area contributed by atoms with E-state index in [9.17, 15) is 0 Å². The van der Waals surface area contributed by atoms with E-state index in [2.05, 4.69) is 29.3 Å². The summed E-state index contributed by atoms with van der Waals surface area (Å²) in [6.45, 7) is 6.45. The minimum Gasteiger partial charge on any atom is -0.370 e. The molecule has 2 nitrogen and oxygen atoms in total. The predicted molar refractivity (Wildman–Crippen MR) is 83.0 cm³/mol. The molecular formula is C14H21ClN2S. The Labute approximate surface area is 119 Å². The molecule has 0 atom stereocenters. The third-order valence-electron chi connectivity index (χ3n) is 3.14. The van der Waals surface area contributed by atoms with Gasteiger partial charge in [0.15, 0.2) is 0 Å². The van der Waals surface area contributed by atoms with Crippen molar-refractivity contribution in [2.45, 2.75) is 19.9 Å². The summed E-state index contributed by atoms with van der Waals surface area (Å²) in [4.78, 5) is 2.48. The van der Waals surface area contributed by atoms with E-state index in [0.29, 0.717) is 0 Å². The van der Waals surface area contributed by atoms with Crippen molar-refractivity contribution in [3.05, 3.63) is 28.8 Å². The molecule has 0 radical (unpaired) electrons. The van der Waals surface area contributed by atoms with Crippen molar-refractivity contribution in [1.29, 1.82) is 0 Å². The summed E-state index contributed by atoms with van der Waals surface area (Å²) in [5.41, 5.74) is 2.67. The molecule has 0 aromatic heterocycles. The molecule has 1 N–H and O–H groups in total. The van der Waals surface area contributed by atoms with Gasteiger partial charge in [0, 0.05) is 41.8 Å². The van der Waals surface area contributed by atoms with E-state index in [1.165, 1.54) is 22.8 Å². The predicted octanol–water partition coefficient (Wildman–Crippen LogP) is 3.39. The second-order valence-electron chi connectivity index (χ2n) is 4.55. The third kappa shape index (κ3) is 3.81. The van der Waals surface area contributed by atoms with Gasteiger partial charge >= 0.3 is 0 Å². The molecule has 0 bridgehead atoms. The Balaban J connectivity index is 2.11. The highest BCUT2D eigenvalue weighted by molar-refractivity contribution is 7.99. The second kappa shape index (κ2) is 7.27. The molecule has 0 amide bonds. The number of hydrogen-bond acceptors (Lipinski definition) is 3. The summed E-state index contributed by atoms with van der Waals surface area (Å²) < 4.78 is 0. The molecule has 18 heavy (non-hydrogen) atoms. The largest absolute Gasteiger partial charge is 0.370 e. The standard InChI is InChI=1S/C14H21ClN2S/c1-2-5-16-11-12-10-13(15)3-4-14(12)17-6-8-18-9-7-17/h3-4,10,16H,2,5-9,11H2,1H3. The average molecular weight is 285 g/mol. The first-order valence-corrected chi connectivity index (χ1v) is 8.16. The first-order chi connectivity index (χ1) is 8.81. The number of thioether (sulfide) groups is 1. The topological polar surface area (TPSA) is 15.3 Å². The average Bonchev–Trinajstić information content (AvgIpc) is 2.40. The van der Waals surface area contributed by atoms with Gasteiger partial charge in [-0.25, -0.2) is 0 Å². The molecule has 1 heterocycles. The molecule has 0 unspecified atom stereocenters. The van der Waals surface area contributed by atoms with Gasteiger partial charge in [-0.1, -0.05) is 18.5 Å². The van der Waals surface area contributed by atoms with Crippen molar-refractivity contribution in [2.24, 2.45) is 0 Å². The van der Waals surface area contributed by atoms with Crippen LogP contribution >= 0.6 is 23.4 Å². The normalized spacial score (nSPS) is 16.0. The molecule has 1 aliphatic heterocycles. The highest BCUT2D eigenvalue weighted by Crippen LogP contribution is 2.26. The van der Waals surface area contributed by atoms with E-state index in [-0.39, 0.29) is 0 Å². The zero-order valence-electron chi connectivity index (χ0n) is 10.9. The number of benzene rings is 1. The van der Waals surface area contributed by atoms with Crippen molar-refractivity contribution in [1.82, 2.24) is 5.32 Å². The van der Waals surface area contributed by atoms with Crippen LogP contribution < -0.4 is 10.2 Å². The fraction of sp³-hybridized carbons (Fsp3) is 0.571. The Morgan fingerprint density at radius 2 is 2.11 bits per heavy atom. The summed E-state index contributed by atoms with van der Waals surface area (Å²) in [5, 5.41) is 4.30. The van der Waals surface area contributed by atoms with Crippen LogP contribution in [-0.2, 0) is 6.54 Å². The SMILES string of the molecule is CCCNCc1cc(Cl)ccc1N1CCSCC1. The van der Waals surface area contributed by atoms with Gasteiger partial charge in [0.1, 0.15) is 0 Å². The zero-order chi connectivity index (χ0) is 12.8. The molecule has 1 fully saturated rings. The van der Waals surface area contributed by atoms with Crippen molar-refractivity contribution < 1.29 is 0 Å². The van der Waals surface area contributed by atoms with E-state index >= 15 is 0 Å². The monoisotopic (exact) mass is 284 g/mol. The van der Waals surface area contributed by atoms with Gasteiger partial charge in [0.05, 0.1) is 0 Å². The van der Waals surface area contributed by atoms with E-state index in [0.717, 1.165) is 37.6 Å². The zero-order valence-corrected chi connectivity index (χ0v) is 12.5. The Hall–Kier alpha value is -0.380. The number of nitrogens with zero attached hydrogens (tertiary/aromatic N) is 1. The second-order valence-corrected chi connectivity index (χ2v) is 6.21. The van der Waals surface area contributed by atoms with Crippen molar-refractivity contribution >= 4 is 29.1 Å². The lowest BCUT2D eigenvalue weighted by Crippen LogP contribution is -2.33.